The van der Waals surface area contributed by atoms with Crippen molar-refractivity contribution in [1.82, 2.24) is 24.6 Å². The van der Waals surface area contributed by atoms with Crippen molar-refractivity contribution in [1.29, 1.82) is 0 Å². The molecule has 2 fully saturated rings. The fraction of sp³-hybridized carbons (Fsp3) is 0.615. The zero-order chi connectivity index (χ0) is 28.9. The van der Waals surface area contributed by atoms with Crippen LogP contribution in [-0.2, 0) is 21.1 Å². The van der Waals surface area contributed by atoms with Gasteiger partial charge in [-0.2, -0.15) is 5.10 Å². The summed E-state index contributed by atoms with van der Waals surface area (Å²) in [4.78, 5) is 50.8. The van der Waals surface area contributed by atoms with E-state index in [4.69, 9.17) is 32.7 Å². The van der Waals surface area contributed by atoms with Crippen molar-refractivity contribution in [2.24, 2.45) is 11.8 Å². The molecule has 2 atom stereocenters. The zero-order valence-corrected chi connectivity index (χ0v) is 25.7. The highest BCUT2D eigenvalue weighted by atomic mass is 35.5. The Morgan fingerprint density at radius 3 is 2.38 bits per heavy atom. The van der Waals surface area contributed by atoms with Gasteiger partial charge in [-0.15, -0.1) is 0 Å². The smallest absolute Gasteiger partial charge is 0.291 e. The highest BCUT2D eigenvalue weighted by Gasteiger charge is 2.37. The second-order valence-electron chi connectivity index (χ2n) is 11.4. The maximum atomic E-state index is 13.0. The molecule has 0 bridgehead atoms. The van der Waals surface area contributed by atoms with Crippen LogP contribution in [0.1, 0.15) is 19.3 Å². The molecule has 2 aromatic rings. The normalized spacial score (nSPS) is 19.8. The van der Waals surface area contributed by atoms with E-state index in [0.717, 1.165) is 10.7 Å². The van der Waals surface area contributed by atoms with Crippen molar-refractivity contribution in [3.63, 3.8) is 0 Å². The van der Waals surface area contributed by atoms with Crippen molar-refractivity contribution in [2.75, 3.05) is 44.3 Å². The fourth-order valence-corrected chi connectivity index (χ4v) is 5.77. The van der Waals surface area contributed by atoms with Gasteiger partial charge in [0, 0.05) is 53.2 Å². The topological polar surface area (TPSA) is 120 Å². The number of ether oxygens (including phenoxy) is 2. The van der Waals surface area contributed by atoms with Crippen LogP contribution in [0.5, 0.6) is 5.75 Å². The highest BCUT2D eigenvalue weighted by Crippen LogP contribution is 2.31. The summed E-state index contributed by atoms with van der Waals surface area (Å²) in [5.41, 5.74) is -0.504. The molecular weight excluding hydrogens is 575 g/mol. The lowest BCUT2D eigenvalue weighted by atomic mass is 9.99. The molecule has 1 saturated carbocycles. The summed E-state index contributed by atoms with van der Waals surface area (Å²) in [6, 6.07) is 0.981. The summed E-state index contributed by atoms with van der Waals surface area (Å²) >= 11 is 12.1. The minimum absolute atomic E-state index is 0.00905. The first-order valence-corrected chi connectivity index (χ1v) is 18.0. The van der Waals surface area contributed by atoms with E-state index in [0.29, 0.717) is 56.6 Å². The van der Waals surface area contributed by atoms with Gasteiger partial charge in [-0.25, -0.2) is 14.6 Å². The number of halogens is 2. The summed E-state index contributed by atoms with van der Waals surface area (Å²) in [6.45, 7) is 9.72. The Kier molecular flexibility index (Phi) is 10.2. The fourth-order valence-electron chi connectivity index (χ4n) is 4.72. The van der Waals surface area contributed by atoms with Crippen LogP contribution in [0.3, 0.4) is 0 Å². The van der Waals surface area contributed by atoms with Crippen molar-refractivity contribution in [2.45, 2.75) is 51.7 Å². The van der Waals surface area contributed by atoms with E-state index >= 15 is 0 Å². The number of carbonyl (C=O) groups is 2. The van der Waals surface area contributed by atoms with Crippen LogP contribution in [-0.4, -0.2) is 83.8 Å². The van der Waals surface area contributed by atoms with E-state index in [2.05, 4.69) is 34.7 Å². The standard InChI is InChI=1S/C26H36Cl2N6O5Si/c1-40(2,3)11-10-38-17-34-25(37)23(28)21(15-31-34)39-16-19-5-4-18(24(19)36)12-22(35)32-6-8-33(9-7-32)26-29-13-20(27)14-30-26/h13-15,18-19H,4-12,16-17H2,1-3H3. The molecule has 1 amide bonds. The lowest BCUT2D eigenvalue weighted by molar-refractivity contribution is -0.135. The molecule has 2 unspecified atom stereocenters. The average Bonchev–Trinajstić information content (AvgIpc) is 3.27. The first kappa shape index (κ1) is 30.4. The monoisotopic (exact) mass is 610 g/mol. The molecule has 3 heterocycles. The van der Waals surface area contributed by atoms with Crippen molar-refractivity contribution >= 4 is 48.9 Å². The number of amides is 1. The van der Waals surface area contributed by atoms with Crippen LogP contribution >= 0.6 is 23.2 Å². The predicted molar refractivity (Wildman–Crippen MR) is 155 cm³/mol. The first-order valence-electron chi connectivity index (χ1n) is 13.5. The molecule has 218 valence electrons. The number of nitrogens with zero attached hydrogens (tertiary/aromatic N) is 6. The Hall–Kier alpha value is -2.54. The lowest BCUT2D eigenvalue weighted by Crippen LogP contribution is -2.49. The molecule has 0 spiro atoms. The quantitative estimate of drug-likeness (QED) is 0.278. The number of rotatable bonds is 11. The summed E-state index contributed by atoms with van der Waals surface area (Å²) in [5.74, 6) is 0.00614. The number of hydrogen-bond acceptors (Lipinski definition) is 9. The Morgan fingerprint density at radius 1 is 1.02 bits per heavy atom. The molecule has 1 saturated heterocycles. The molecule has 0 radical (unpaired) electrons. The van der Waals surface area contributed by atoms with Crippen LogP contribution in [0, 0.1) is 11.8 Å². The van der Waals surface area contributed by atoms with Crippen LogP contribution in [0.15, 0.2) is 23.4 Å². The third kappa shape index (κ3) is 8.02. The van der Waals surface area contributed by atoms with Crippen molar-refractivity contribution < 1.29 is 19.1 Å². The molecule has 1 aliphatic heterocycles. The average molecular weight is 612 g/mol. The largest absolute Gasteiger partial charge is 0.489 e. The van der Waals surface area contributed by atoms with E-state index in [1.54, 1.807) is 17.3 Å². The van der Waals surface area contributed by atoms with Crippen LogP contribution < -0.4 is 15.2 Å². The highest BCUT2D eigenvalue weighted by molar-refractivity contribution is 6.76. The number of carbonyl (C=O) groups excluding carboxylic acids is 2. The number of piperazine rings is 1. The minimum atomic E-state index is -1.23. The first-order chi connectivity index (χ1) is 19.0. The van der Waals surface area contributed by atoms with E-state index in [-0.39, 0.29) is 54.1 Å². The molecule has 40 heavy (non-hydrogen) atoms. The molecule has 2 aliphatic rings. The van der Waals surface area contributed by atoms with Gasteiger partial charge in [0.2, 0.25) is 11.9 Å². The third-order valence-electron chi connectivity index (χ3n) is 7.21. The number of hydrogen-bond donors (Lipinski definition) is 0. The SMILES string of the molecule is C[Si](C)(C)CCOCn1ncc(OCC2CCC(CC(=O)N3CCN(c4ncc(Cl)cn4)CC3)C2=O)c(Cl)c1=O. The lowest BCUT2D eigenvalue weighted by Gasteiger charge is -2.35. The van der Waals surface area contributed by atoms with Crippen LogP contribution in [0.25, 0.3) is 0 Å². The Bertz CT molecular complexity index is 1250. The summed E-state index contributed by atoms with van der Waals surface area (Å²) in [7, 11) is -1.23. The Balaban J connectivity index is 1.22. The third-order valence-corrected chi connectivity index (χ3v) is 9.46. The van der Waals surface area contributed by atoms with Crippen LogP contribution in [0.2, 0.25) is 35.7 Å². The van der Waals surface area contributed by atoms with Gasteiger partial charge in [0.15, 0.2) is 10.8 Å². The van der Waals surface area contributed by atoms with E-state index < -0.39 is 13.6 Å². The number of aromatic nitrogens is 4. The van der Waals surface area contributed by atoms with E-state index in [1.807, 2.05) is 4.90 Å². The van der Waals surface area contributed by atoms with Crippen molar-refractivity contribution in [3.05, 3.63) is 39.0 Å². The maximum Gasteiger partial charge on any atom is 0.291 e. The molecule has 1 aliphatic carbocycles. The van der Waals surface area contributed by atoms with Gasteiger partial charge in [-0.1, -0.05) is 42.8 Å². The number of anilines is 1. The summed E-state index contributed by atoms with van der Waals surface area (Å²) in [5, 5.41) is 4.48. The molecule has 2 aromatic heterocycles. The van der Waals surface area contributed by atoms with Gasteiger partial charge in [0.25, 0.3) is 5.56 Å². The molecule has 14 heteroatoms. The van der Waals surface area contributed by atoms with E-state index in [1.165, 1.54) is 6.20 Å². The second kappa shape index (κ2) is 13.4. The molecule has 0 N–H and O–H groups in total. The van der Waals surface area contributed by atoms with E-state index in [9.17, 15) is 14.4 Å². The molecular formula is C26H36Cl2N6O5Si. The minimum Gasteiger partial charge on any atom is -0.489 e. The Labute approximate surface area is 244 Å². The summed E-state index contributed by atoms with van der Waals surface area (Å²) < 4.78 is 12.5. The van der Waals surface area contributed by atoms with Gasteiger partial charge in [-0.05, 0) is 18.9 Å². The second-order valence-corrected chi connectivity index (χ2v) is 17.9. The van der Waals surface area contributed by atoms with Crippen LogP contribution in [0.4, 0.5) is 5.95 Å². The zero-order valence-electron chi connectivity index (χ0n) is 23.1. The number of ketones is 1. The Morgan fingerprint density at radius 2 is 1.70 bits per heavy atom. The maximum absolute atomic E-state index is 13.0. The van der Waals surface area contributed by atoms with Gasteiger partial charge < -0.3 is 19.3 Å². The number of Topliss-reactive ketones (excluding diaryl/α,β-unsaturated/α-hetero) is 1. The van der Waals surface area contributed by atoms with Crippen molar-refractivity contribution in [3.8, 4) is 5.75 Å². The van der Waals surface area contributed by atoms with Gasteiger partial charge in [0.05, 0.1) is 36.1 Å². The molecule has 4 rings (SSSR count). The molecule has 0 aromatic carbocycles. The van der Waals surface area contributed by atoms with Gasteiger partial charge in [-0.3, -0.25) is 14.4 Å². The summed E-state index contributed by atoms with van der Waals surface area (Å²) in [6.07, 6.45) is 5.91. The van der Waals surface area contributed by atoms with Gasteiger partial charge >= 0.3 is 0 Å². The molecule has 11 nitrogen and oxygen atoms in total. The predicted octanol–water partition coefficient (Wildman–Crippen LogP) is 3.37. The van der Waals surface area contributed by atoms with Gasteiger partial charge in [0.1, 0.15) is 12.5 Å².